The fourth-order valence-corrected chi connectivity index (χ4v) is 5.95. The van der Waals surface area contributed by atoms with Gasteiger partial charge in [0.15, 0.2) is 0 Å². The van der Waals surface area contributed by atoms with Gasteiger partial charge in [-0.2, -0.15) is 0 Å². The number of hydrogen-bond donors (Lipinski definition) is 2. The molecular weight excluding hydrogens is 540 g/mol. The number of ether oxygens (including phenoxy) is 1. The molecule has 0 saturated carbocycles. The Labute approximate surface area is 254 Å². The molecule has 10 heteroatoms. The second-order valence-corrected chi connectivity index (χ2v) is 12.7. The third-order valence-corrected chi connectivity index (χ3v) is 8.57. The third-order valence-electron chi connectivity index (χ3n) is 8.57. The summed E-state index contributed by atoms with van der Waals surface area (Å²) >= 11 is 0. The molecule has 2 amide bonds. The minimum Gasteiger partial charge on any atom is -0.378 e. The first-order chi connectivity index (χ1) is 20.7. The molecule has 0 spiro atoms. The van der Waals surface area contributed by atoms with Gasteiger partial charge >= 0.3 is 6.03 Å². The zero-order valence-corrected chi connectivity index (χ0v) is 25.9. The maximum atomic E-state index is 12.4. The molecule has 2 aromatic carbocycles. The van der Waals surface area contributed by atoms with E-state index in [1.54, 1.807) is 0 Å². The average Bonchev–Trinajstić information content (AvgIpc) is 3.60. The van der Waals surface area contributed by atoms with Crippen LogP contribution in [0.2, 0.25) is 0 Å². The first-order valence-electron chi connectivity index (χ1n) is 15.4. The number of anilines is 1. The van der Waals surface area contributed by atoms with Gasteiger partial charge in [0.2, 0.25) is 0 Å². The number of fused-ring (bicyclic) bond motifs is 1. The molecule has 2 aliphatic rings. The van der Waals surface area contributed by atoms with Gasteiger partial charge in [-0.1, -0.05) is 51.1 Å². The normalized spacial score (nSPS) is 16.7. The van der Waals surface area contributed by atoms with Crippen molar-refractivity contribution in [1.29, 1.82) is 0 Å². The molecule has 0 aliphatic carbocycles. The van der Waals surface area contributed by atoms with E-state index < -0.39 is 0 Å². The lowest BCUT2D eigenvalue weighted by Gasteiger charge is -2.35. The Balaban J connectivity index is 1.04. The summed E-state index contributed by atoms with van der Waals surface area (Å²) in [5.41, 5.74) is 6.91. The molecule has 0 unspecified atom stereocenters. The van der Waals surface area contributed by atoms with E-state index in [0.29, 0.717) is 39.4 Å². The molecule has 2 saturated heterocycles. The molecule has 0 bridgehead atoms. The standard InChI is InChI=1S/C33H44N8O2/c1-24-35-27(23-41(24)13-12-34-32(42)40-18-20-43-21-19-40)22-38-14-16-39(17-15-38)29-7-5-6-28-30(29)37-31(36-28)25-8-10-26(11-9-25)33(2,3)4/h5-11,23H,12-22H2,1-4H3,(H,34,42)(H,36,37). The maximum absolute atomic E-state index is 12.4. The van der Waals surface area contributed by atoms with Crippen molar-refractivity contribution in [2.45, 2.75) is 46.2 Å². The van der Waals surface area contributed by atoms with Crippen molar-refractivity contribution in [2.75, 3.05) is 63.9 Å². The van der Waals surface area contributed by atoms with Crippen LogP contribution in [0.3, 0.4) is 0 Å². The molecule has 4 aromatic rings. The fraction of sp³-hybridized carbons (Fsp3) is 0.485. The van der Waals surface area contributed by atoms with Crippen LogP contribution in [0.5, 0.6) is 0 Å². The molecule has 228 valence electrons. The van der Waals surface area contributed by atoms with Crippen molar-refractivity contribution in [3.63, 3.8) is 0 Å². The summed E-state index contributed by atoms with van der Waals surface area (Å²) in [6.07, 6.45) is 2.13. The number of para-hydroxylation sites is 1. The summed E-state index contributed by atoms with van der Waals surface area (Å²) in [6, 6.07) is 15.2. The number of morpholine rings is 1. The molecule has 4 heterocycles. The van der Waals surface area contributed by atoms with Gasteiger partial charge in [-0.3, -0.25) is 4.90 Å². The Kier molecular flexibility index (Phi) is 8.41. The molecule has 43 heavy (non-hydrogen) atoms. The van der Waals surface area contributed by atoms with Gasteiger partial charge in [-0.25, -0.2) is 14.8 Å². The lowest BCUT2D eigenvalue weighted by atomic mass is 9.87. The largest absolute Gasteiger partial charge is 0.378 e. The van der Waals surface area contributed by atoms with Gasteiger partial charge < -0.3 is 29.4 Å². The number of carbonyl (C=O) groups excluding carboxylic acids is 1. The minimum absolute atomic E-state index is 0.0179. The number of rotatable bonds is 7. The van der Waals surface area contributed by atoms with Crippen LogP contribution in [0.15, 0.2) is 48.7 Å². The number of aryl methyl sites for hydroxylation is 1. The Bertz CT molecular complexity index is 1540. The van der Waals surface area contributed by atoms with Gasteiger partial charge in [0.1, 0.15) is 17.2 Å². The van der Waals surface area contributed by atoms with Gasteiger partial charge in [0.05, 0.1) is 30.1 Å². The van der Waals surface area contributed by atoms with Gasteiger partial charge in [-0.05, 0) is 30.0 Å². The Hall–Kier alpha value is -3.89. The number of urea groups is 1. The van der Waals surface area contributed by atoms with E-state index in [0.717, 1.165) is 66.7 Å². The smallest absolute Gasteiger partial charge is 0.317 e. The lowest BCUT2D eigenvalue weighted by molar-refractivity contribution is 0.0532. The van der Waals surface area contributed by atoms with Crippen LogP contribution in [-0.2, 0) is 23.2 Å². The SMILES string of the molecule is Cc1nc(CN2CCN(c3cccc4[nH]c(-c5ccc(C(C)(C)C)cc5)nc34)CC2)cn1CCNC(=O)N1CCOCC1. The summed E-state index contributed by atoms with van der Waals surface area (Å²) in [6.45, 7) is 17.2. The Morgan fingerprint density at radius 1 is 0.977 bits per heavy atom. The number of benzene rings is 2. The molecule has 10 nitrogen and oxygen atoms in total. The molecule has 2 N–H and O–H groups in total. The highest BCUT2D eigenvalue weighted by Gasteiger charge is 2.22. The molecule has 2 fully saturated rings. The average molecular weight is 585 g/mol. The number of aromatic nitrogens is 4. The van der Waals surface area contributed by atoms with Crippen molar-refractivity contribution < 1.29 is 9.53 Å². The van der Waals surface area contributed by atoms with Crippen molar-refractivity contribution in [2.24, 2.45) is 0 Å². The molecule has 2 aliphatic heterocycles. The Morgan fingerprint density at radius 3 is 2.44 bits per heavy atom. The molecule has 0 radical (unpaired) electrons. The predicted octanol–water partition coefficient (Wildman–Crippen LogP) is 4.40. The van der Waals surface area contributed by atoms with E-state index >= 15 is 0 Å². The number of hydrogen-bond acceptors (Lipinski definition) is 6. The maximum Gasteiger partial charge on any atom is 0.317 e. The zero-order valence-electron chi connectivity index (χ0n) is 25.9. The van der Waals surface area contributed by atoms with E-state index in [1.807, 2.05) is 11.8 Å². The van der Waals surface area contributed by atoms with Crippen LogP contribution in [0.25, 0.3) is 22.4 Å². The van der Waals surface area contributed by atoms with Crippen LogP contribution in [0.4, 0.5) is 10.5 Å². The van der Waals surface area contributed by atoms with Crippen molar-refractivity contribution >= 4 is 22.8 Å². The van der Waals surface area contributed by atoms with Crippen molar-refractivity contribution in [3.05, 3.63) is 65.7 Å². The van der Waals surface area contributed by atoms with E-state index in [9.17, 15) is 4.79 Å². The lowest BCUT2D eigenvalue weighted by Crippen LogP contribution is -2.46. The molecule has 6 rings (SSSR count). The summed E-state index contributed by atoms with van der Waals surface area (Å²) in [7, 11) is 0. The fourth-order valence-electron chi connectivity index (χ4n) is 5.95. The number of imidazole rings is 2. The van der Waals surface area contributed by atoms with Crippen molar-refractivity contribution in [1.82, 2.24) is 34.6 Å². The van der Waals surface area contributed by atoms with Crippen molar-refractivity contribution in [3.8, 4) is 11.4 Å². The van der Waals surface area contributed by atoms with E-state index in [4.69, 9.17) is 14.7 Å². The number of H-pyrrole nitrogens is 1. The second kappa shape index (κ2) is 12.4. The summed E-state index contributed by atoms with van der Waals surface area (Å²) in [5, 5.41) is 3.03. The topological polar surface area (TPSA) is 94.6 Å². The minimum atomic E-state index is -0.0179. The van der Waals surface area contributed by atoms with Crippen LogP contribution >= 0.6 is 0 Å². The molecule has 2 aromatic heterocycles. The van der Waals surface area contributed by atoms with Crippen LogP contribution < -0.4 is 10.2 Å². The first-order valence-corrected chi connectivity index (χ1v) is 15.4. The van der Waals surface area contributed by atoms with Crippen LogP contribution in [-0.4, -0.2) is 94.4 Å². The second-order valence-electron chi connectivity index (χ2n) is 12.7. The Morgan fingerprint density at radius 2 is 1.72 bits per heavy atom. The van der Waals surface area contributed by atoms with Crippen LogP contribution in [0.1, 0.15) is 37.9 Å². The van der Waals surface area contributed by atoms with Gasteiger partial charge in [-0.15, -0.1) is 0 Å². The highest BCUT2D eigenvalue weighted by molar-refractivity contribution is 5.91. The highest BCUT2D eigenvalue weighted by Crippen LogP contribution is 2.30. The first kappa shape index (κ1) is 29.2. The van der Waals surface area contributed by atoms with E-state index in [-0.39, 0.29) is 11.4 Å². The number of amides is 2. The number of carbonyl (C=O) groups is 1. The quantitative estimate of drug-likeness (QED) is 0.335. The number of piperazine rings is 1. The van der Waals surface area contributed by atoms with Crippen LogP contribution in [0, 0.1) is 6.92 Å². The molecular formula is C33H44N8O2. The summed E-state index contributed by atoms with van der Waals surface area (Å²) in [5.74, 6) is 1.89. The van der Waals surface area contributed by atoms with E-state index in [1.165, 1.54) is 11.3 Å². The third kappa shape index (κ3) is 6.70. The zero-order chi connectivity index (χ0) is 30.0. The highest BCUT2D eigenvalue weighted by atomic mass is 16.5. The van der Waals surface area contributed by atoms with Gasteiger partial charge in [0, 0.05) is 70.7 Å². The number of nitrogens with zero attached hydrogens (tertiary/aromatic N) is 6. The molecule has 0 atom stereocenters. The summed E-state index contributed by atoms with van der Waals surface area (Å²) in [4.78, 5) is 32.5. The number of nitrogens with one attached hydrogen (secondary N) is 2. The van der Waals surface area contributed by atoms with E-state index in [2.05, 4.69) is 94.1 Å². The predicted molar refractivity (Wildman–Crippen MR) is 170 cm³/mol. The van der Waals surface area contributed by atoms with Gasteiger partial charge in [0.25, 0.3) is 0 Å². The number of aromatic amines is 1. The monoisotopic (exact) mass is 584 g/mol. The summed E-state index contributed by atoms with van der Waals surface area (Å²) < 4.78 is 7.47.